The molecule has 15 heavy (non-hydrogen) atoms. The average Bonchev–Trinajstić information content (AvgIpc) is 2.20. The normalized spacial score (nSPS) is 10.5. The van der Waals surface area contributed by atoms with Crippen molar-refractivity contribution in [3.8, 4) is 0 Å². The Morgan fingerprint density at radius 1 is 1.47 bits per heavy atom. The number of aryl methyl sites for hydroxylation is 1. The lowest BCUT2D eigenvalue weighted by Crippen LogP contribution is -2.04. The molecule has 0 aliphatic rings. The molecule has 0 aliphatic carbocycles. The van der Waals surface area contributed by atoms with Crippen molar-refractivity contribution in [2.45, 2.75) is 10.7 Å². The summed E-state index contributed by atoms with van der Waals surface area (Å²) in [5.41, 5.74) is 2.16. The van der Waals surface area contributed by atoms with Crippen LogP contribution in [-0.2, 0) is 4.74 Å². The standard InChI is InChI=1S/C10H9Br2ClO2/c1-5-3-6(9(11)12)4-7(8(5)13)10(14)15-2/h3-4,9H,1-2H3. The van der Waals surface area contributed by atoms with Crippen LogP contribution in [0.25, 0.3) is 0 Å². The van der Waals surface area contributed by atoms with Gasteiger partial charge in [-0.25, -0.2) is 4.79 Å². The molecule has 0 aliphatic heterocycles. The number of hydrogen-bond acceptors (Lipinski definition) is 2. The summed E-state index contributed by atoms with van der Waals surface area (Å²) in [5, 5.41) is 0.436. The molecule has 2 nitrogen and oxygen atoms in total. The second kappa shape index (κ2) is 5.32. The fourth-order valence-electron chi connectivity index (χ4n) is 1.18. The van der Waals surface area contributed by atoms with E-state index >= 15 is 0 Å². The Bertz CT molecular complexity index is 391. The van der Waals surface area contributed by atoms with Gasteiger partial charge in [-0.1, -0.05) is 49.5 Å². The first-order chi connectivity index (χ1) is 6.97. The van der Waals surface area contributed by atoms with Crippen LogP contribution in [0.5, 0.6) is 0 Å². The summed E-state index contributed by atoms with van der Waals surface area (Å²) in [6, 6.07) is 3.61. The maximum atomic E-state index is 11.4. The highest BCUT2D eigenvalue weighted by atomic mass is 79.9. The van der Waals surface area contributed by atoms with Gasteiger partial charge in [0.25, 0.3) is 0 Å². The first kappa shape index (κ1) is 13.0. The van der Waals surface area contributed by atoms with E-state index in [1.54, 1.807) is 6.07 Å². The van der Waals surface area contributed by atoms with E-state index in [2.05, 4.69) is 36.6 Å². The van der Waals surface area contributed by atoms with Crippen molar-refractivity contribution in [3.63, 3.8) is 0 Å². The molecular weight excluding hydrogens is 347 g/mol. The van der Waals surface area contributed by atoms with Gasteiger partial charge in [0.1, 0.15) is 0 Å². The third-order valence-electron chi connectivity index (χ3n) is 1.93. The van der Waals surface area contributed by atoms with Gasteiger partial charge in [0.05, 0.1) is 21.4 Å². The summed E-state index contributed by atoms with van der Waals surface area (Å²) in [7, 11) is 1.33. The maximum Gasteiger partial charge on any atom is 0.339 e. The Labute approximate surface area is 110 Å². The predicted molar refractivity (Wildman–Crippen MR) is 68.1 cm³/mol. The zero-order valence-electron chi connectivity index (χ0n) is 8.18. The van der Waals surface area contributed by atoms with Gasteiger partial charge in [-0.3, -0.25) is 0 Å². The van der Waals surface area contributed by atoms with Crippen LogP contribution in [0, 0.1) is 6.92 Å². The lowest BCUT2D eigenvalue weighted by Gasteiger charge is -2.09. The lowest BCUT2D eigenvalue weighted by atomic mass is 10.1. The number of alkyl halides is 2. The van der Waals surface area contributed by atoms with E-state index in [-0.39, 0.29) is 3.74 Å². The molecule has 1 rings (SSSR count). The van der Waals surface area contributed by atoms with Gasteiger partial charge < -0.3 is 4.74 Å². The topological polar surface area (TPSA) is 26.3 Å². The highest BCUT2D eigenvalue weighted by Gasteiger charge is 2.15. The molecule has 1 aromatic rings. The van der Waals surface area contributed by atoms with Gasteiger partial charge >= 0.3 is 5.97 Å². The number of halogens is 3. The molecule has 0 amide bonds. The van der Waals surface area contributed by atoms with Gasteiger partial charge in [-0.2, -0.15) is 0 Å². The van der Waals surface area contributed by atoms with E-state index in [9.17, 15) is 4.79 Å². The van der Waals surface area contributed by atoms with Crippen molar-refractivity contribution in [2.75, 3.05) is 7.11 Å². The summed E-state index contributed by atoms with van der Waals surface area (Å²) in [4.78, 5) is 11.4. The third-order valence-corrected chi connectivity index (χ3v) is 3.49. The SMILES string of the molecule is COC(=O)c1cc(C(Br)Br)cc(C)c1Cl. The first-order valence-corrected chi connectivity index (χ1v) is 6.34. The van der Waals surface area contributed by atoms with Crippen LogP contribution in [0.1, 0.15) is 25.2 Å². The molecule has 0 saturated heterocycles. The zero-order valence-corrected chi connectivity index (χ0v) is 12.1. The Morgan fingerprint density at radius 3 is 2.53 bits per heavy atom. The first-order valence-electron chi connectivity index (χ1n) is 4.14. The average molecular weight is 356 g/mol. The smallest absolute Gasteiger partial charge is 0.339 e. The minimum absolute atomic E-state index is 0.00984. The van der Waals surface area contributed by atoms with Gasteiger partial charge in [-0.15, -0.1) is 0 Å². The van der Waals surface area contributed by atoms with Crippen LogP contribution >= 0.6 is 43.5 Å². The van der Waals surface area contributed by atoms with Crippen LogP contribution < -0.4 is 0 Å². The van der Waals surface area contributed by atoms with Crippen LogP contribution in [0.3, 0.4) is 0 Å². The number of rotatable bonds is 2. The largest absolute Gasteiger partial charge is 0.465 e. The summed E-state index contributed by atoms with van der Waals surface area (Å²) in [6.07, 6.45) is 0. The monoisotopic (exact) mass is 354 g/mol. The Balaban J connectivity index is 3.31. The zero-order chi connectivity index (χ0) is 11.6. The van der Waals surface area contributed by atoms with Crippen molar-refractivity contribution in [2.24, 2.45) is 0 Å². The minimum atomic E-state index is -0.425. The molecule has 0 fully saturated rings. The maximum absolute atomic E-state index is 11.4. The molecule has 0 bridgehead atoms. The van der Waals surface area contributed by atoms with E-state index in [0.29, 0.717) is 10.6 Å². The number of methoxy groups -OCH3 is 1. The van der Waals surface area contributed by atoms with E-state index in [1.807, 2.05) is 13.0 Å². The Kier molecular flexibility index (Phi) is 4.62. The van der Waals surface area contributed by atoms with Gasteiger partial charge in [0.15, 0.2) is 0 Å². The van der Waals surface area contributed by atoms with Gasteiger partial charge in [0, 0.05) is 0 Å². The van der Waals surface area contributed by atoms with E-state index in [4.69, 9.17) is 11.6 Å². The predicted octanol–water partition coefficient (Wildman–Crippen LogP) is 4.22. The minimum Gasteiger partial charge on any atom is -0.465 e. The Hall–Kier alpha value is -0.0600. The van der Waals surface area contributed by atoms with E-state index in [1.165, 1.54) is 7.11 Å². The highest BCUT2D eigenvalue weighted by molar-refractivity contribution is 9.24. The molecule has 0 spiro atoms. The number of carbonyl (C=O) groups is 1. The second-order valence-electron chi connectivity index (χ2n) is 2.99. The third kappa shape index (κ3) is 2.95. The summed E-state index contributed by atoms with van der Waals surface area (Å²) in [5.74, 6) is -0.425. The molecule has 0 unspecified atom stereocenters. The summed E-state index contributed by atoms with van der Waals surface area (Å²) < 4.78 is 4.64. The molecule has 0 N–H and O–H groups in total. The molecule has 82 valence electrons. The van der Waals surface area contributed by atoms with Crippen LogP contribution in [0.4, 0.5) is 0 Å². The van der Waals surface area contributed by atoms with Crippen molar-refractivity contribution in [3.05, 3.63) is 33.8 Å². The quantitative estimate of drug-likeness (QED) is 0.586. The van der Waals surface area contributed by atoms with Crippen molar-refractivity contribution < 1.29 is 9.53 Å². The molecule has 5 heteroatoms. The number of carbonyl (C=O) groups excluding carboxylic acids is 1. The molecule has 0 heterocycles. The lowest BCUT2D eigenvalue weighted by molar-refractivity contribution is 0.0600. The number of hydrogen-bond donors (Lipinski definition) is 0. The molecule has 0 saturated carbocycles. The van der Waals surface area contributed by atoms with Crippen molar-refractivity contribution in [1.29, 1.82) is 0 Å². The Morgan fingerprint density at radius 2 is 2.07 bits per heavy atom. The number of esters is 1. The van der Waals surface area contributed by atoms with Crippen molar-refractivity contribution in [1.82, 2.24) is 0 Å². The van der Waals surface area contributed by atoms with Crippen LogP contribution in [-0.4, -0.2) is 13.1 Å². The summed E-state index contributed by atoms with van der Waals surface area (Å²) >= 11 is 12.7. The van der Waals surface area contributed by atoms with E-state index < -0.39 is 5.97 Å². The molecular formula is C10H9Br2ClO2. The van der Waals surface area contributed by atoms with Crippen molar-refractivity contribution >= 4 is 49.4 Å². The van der Waals surface area contributed by atoms with Gasteiger partial charge in [-0.05, 0) is 24.1 Å². The fourth-order valence-corrected chi connectivity index (χ4v) is 1.90. The number of benzene rings is 1. The molecule has 0 aromatic heterocycles. The second-order valence-corrected chi connectivity index (χ2v) is 6.43. The molecule has 0 radical (unpaired) electrons. The molecule has 1 aromatic carbocycles. The molecule has 0 atom stereocenters. The van der Waals surface area contributed by atoms with Gasteiger partial charge in [0.2, 0.25) is 0 Å². The summed E-state index contributed by atoms with van der Waals surface area (Å²) in [6.45, 7) is 1.85. The van der Waals surface area contributed by atoms with Crippen LogP contribution in [0.2, 0.25) is 5.02 Å². The van der Waals surface area contributed by atoms with E-state index in [0.717, 1.165) is 11.1 Å². The number of ether oxygens (including phenoxy) is 1. The van der Waals surface area contributed by atoms with Crippen LogP contribution in [0.15, 0.2) is 12.1 Å². The fraction of sp³-hybridized carbons (Fsp3) is 0.300. The highest BCUT2D eigenvalue weighted by Crippen LogP contribution is 2.33.